The number of benzene rings is 2. The lowest BCUT2D eigenvalue weighted by Crippen LogP contribution is -1.82. The van der Waals surface area contributed by atoms with Crippen molar-refractivity contribution in [3.63, 3.8) is 0 Å². The van der Waals surface area contributed by atoms with Gasteiger partial charge in [-0.3, -0.25) is 0 Å². The number of thioether (sulfide) groups is 1. The lowest BCUT2D eigenvalue weighted by Gasteiger charge is -2.07. The van der Waals surface area contributed by atoms with Gasteiger partial charge in [0.2, 0.25) is 0 Å². The summed E-state index contributed by atoms with van der Waals surface area (Å²) in [4.78, 5) is 2.29. The highest BCUT2D eigenvalue weighted by Gasteiger charge is 2.04. The Balaban J connectivity index is 2.26. The highest BCUT2D eigenvalue weighted by molar-refractivity contribution is 8.08. The van der Waals surface area contributed by atoms with Crippen LogP contribution in [-0.4, -0.2) is 0 Å². The summed E-state index contributed by atoms with van der Waals surface area (Å²) in [5.41, 5.74) is 1.03. The third kappa shape index (κ3) is 4.11. The van der Waals surface area contributed by atoms with Crippen molar-refractivity contribution in [3.8, 4) is 0 Å². The highest BCUT2D eigenvalue weighted by atomic mass is 32.2. The van der Waals surface area contributed by atoms with Gasteiger partial charge in [0, 0.05) is 9.80 Å². The van der Waals surface area contributed by atoms with E-state index in [0.29, 0.717) is 0 Å². The van der Waals surface area contributed by atoms with Crippen LogP contribution in [0.15, 0.2) is 78.2 Å². The predicted octanol–water partition coefficient (Wildman–Crippen LogP) is 5.54. The van der Waals surface area contributed by atoms with Gasteiger partial charge in [0.05, 0.1) is 0 Å². The molecule has 0 heterocycles. The molecule has 0 N–H and O–H groups in total. The quantitative estimate of drug-likeness (QED) is 0.508. The van der Waals surface area contributed by atoms with Gasteiger partial charge in [-0.15, -0.1) is 6.58 Å². The van der Waals surface area contributed by atoms with Gasteiger partial charge in [-0.2, -0.15) is 0 Å². The van der Waals surface area contributed by atoms with E-state index >= 15 is 0 Å². The van der Waals surface area contributed by atoms with Crippen LogP contribution in [-0.2, 0) is 0 Å². The molecule has 0 saturated carbocycles. The molecule has 0 aliphatic rings. The van der Waals surface area contributed by atoms with Gasteiger partial charge in [0.1, 0.15) is 5.82 Å². The Morgan fingerprint density at radius 2 is 1.74 bits per heavy atom. The van der Waals surface area contributed by atoms with E-state index in [4.69, 9.17) is 0 Å². The summed E-state index contributed by atoms with van der Waals surface area (Å²) in [5, 5.41) is 0. The Kier molecular flexibility index (Phi) is 4.99. The molecule has 19 heavy (non-hydrogen) atoms. The molecule has 2 heteroatoms. The first-order chi connectivity index (χ1) is 9.29. The maximum Gasteiger partial charge on any atom is 0.123 e. The average molecular weight is 270 g/mol. The molecule has 2 rings (SSSR count). The van der Waals surface area contributed by atoms with Crippen LogP contribution in [0.5, 0.6) is 0 Å². The van der Waals surface area contributed by atoms with Crippen molar-refractivity contribution in [3.05, 3.63) is 84.7 Å². The summed E-state index contributed by atoms with van der Waals surface area (Å²) in [7, 11) is 0. The molecule has 0 amide bonds. The number of rotatable bonds is 5. The van der Waals surface area contributed by atoms with Gasteiger partial charge in [-0.1, -0.05) is 54.2 Å². The first kappa shape index (κ1) is 13.6. The summed E-state index contributed by atoms with van der Waals surface area (Å²) >= 11 is 1.68. The van der Waals surface area contributed by atoms with Crippen molar-refractivity contribution in [2.45, 2.75) is 11.3 Å². The molecule has 96 valence electrons. The van der Waals surface area contributed by atoms with Crippen molar-refractivity contribution in [2.24, 2.45) is 0 Å². The lowest BCUT2D eigenvalue weighted by molar-refractivity contribution is 0.627. The second-order valence-corrected chi connectivity index (χ2v) is 5.13. The molecule has 0 aliphatic heterocycles. The third-order valence-electron chi connectivity index (χ3n) is 2.57. The fraction of sp³-hybridized carbons (Fsp3) is 0.0588. The summed E-state index contributed by atoms with van der Waals surface area (Å²) in [6, 6.07) is 16.7. The van der Waals surface area contributed by atoms with E-state index in [0.717, 1.165) is 16.9 Å². The molecular weight excluding hydrogens is 255 g/mol. The fourth-order valence-corrected chi connectivity index (χ4v) is 2.62. The van der Waals surface area contributed by atoms with E-state index in [-0.39, 0.29) is 5.82 Å². The van der Waals surface area contributed by atoms with Crippen molar-refractivity contribution in [2.75, 3.05) is 0 Å². The standard InChI is InChI=1S/C17H15FS/c1-2-3-9-17(14-10-12-15(18)13-11-14)19-16-7-5-4-6-8-16/h2,4-13H,1,3H2/b17-9-. The number of hydrogen-bond donors (Lipinski definition) is 0. The normalized spacial score (nSPS) is 11.3. The van der Waals surface area contributed by atoms with E-state index in [9.17, 15) is 4.39 Å². The second kappa shape index (κ2) is 6.95. The van der Waals surface area contributed by atoms with Gasteiger partial charge in [0.15, 0.2) is 0 Å². The Morgan fingerprint density at radius 1 is 1.05 bits per heavy atom. The summed E-state index contributed by atoms with van der Waals surface area (Å²) in [6.45, 7) is 3.73. The van der Waals surface area contributed by atoms with Crippen molar-refractivity contribution < 1.29 is 4.39 Å². The van der Waals surface area contributed by atoms with E-state index in [1.165, 1.54) is 17.0 Å². The minimum atomic E-state index is -0.212. The first-order valence-corrected chi connectivity index (χ1v) is 6.91. The Hall–Kier alpha value is -1.80. The molecule has 0 saturated heterocycles. The zero-order valence-corrected chi connectivity index (χ0v) is 11.4. The van der Waals surface area contributed by atoms with Crippen LogP contribution in [0.25, 0.3) is 4.91 Å². The maximum atomic E-state index is 13.0. The van der Waals surface area contributed by atoms with Gasteiger partial charge in [0.25, 0.3) is 0 Å². The first-order valence-electron chi connectivity index (χ1n) is 6.09. The minimum absolute atomic E-state index is 0.212. The third-order valence-corrected chi connectivity index (χ3v) is 3.70. The SMILES string of the molecule is C=CC/C=C(\Sc1ccccc1)c1ccc(F)cc1. The Labute approximate surface area is 117 Å². The maximum absolute atomic E-state index is 13.0. The van der Waals surface area contributed by atoms with Gasteiger partial charge in [-0.05, 0) is 36.2 Å². The lowest BCUT2D eigenvalue weighted by atomic mass is 10.2. The Morgan fingerprint density at radius 3 is 2.37 bits per heavy atom. The van der Waals surface area contributed by atoms with Crippen LogP contribution in [0, 0.1) is 5.82 Å². The molecule has 0 nitrogen and oxygen atoms in total. The zero-order valence-electron chi connectivity index (χ0n) is 10.6. The molecule has 0 unspecified atom stereocenters. The Bertz CT molecular complexity index is 556. The molecule has 0 aliphatic carbocycles. The predicted molar refractivity (Wildman–Crippen MR) is 81.5 cm³/mol. The summed E-state index contributed by atoms with van der Waals surface area (Å²) < 4.78 is 13.0. The van der Waals surface area contributed by atoms with Gasteiger partial charge in [-0.25, -0.2) is 4.39 Å². The zero-order chi connectivity index (χ0) is 13.5. The van der Waals surface area contributed by atoms with Gasteiger partial charge < -0.3 is 0 Å². The molecule has 2 aromatic rings. The summed E-state index contributed by atoms with van der Waals surface area (Å²) in [6.07, 6.45) is 4.76. The molecule has 2 aromatic carbocycles. The van der Waals surface area contributed by atoms with E-state index < -0.39 is 0 Å². The highest BCUT2D eigenvalue weighted by Crippen LogP contribution is 2.34. The molecule has 0 atom stereocenters. The summed E-state index contributed by atoms with van der Waals surface area (Å²) in [5.74, 6) is -0.212. The van der Waals surface area contributed by atoms with Crippen LogP contribution < -0.4 is 0 Å². The smallest absolute Gasteiger partial charge is 0.123 e. The fourth-order valence-electron chi connectivity index (χ4n) is 1.64. The van der Waals surface area contributed by atoms with Crippen LogP contribution in [0.2, 0.25) is 0 Å². The minimum Gasteiger partial charge on any atom is -0.207 e. The van der Waals surface area contributed by atoms with Crippen LogP contribution in [0.4, 0.5) is 4.39 Å². The van der Waals surface area contributed by atoms with E-state index in [2.05, 4.69) is 24.8 Å². The molecule has 0 radical (unpaired) electrons. The van der Waals surface area contributed by atoms with Crippen LogP contribution >= 0.6 is 11.8 Å². The van der Waals surface area contributed by atoms with E-state index in [1.54, 1.807) is 23.9 Å². The largest absolute Gasteiger partial charge is 0.207 e. The molecular formula is C17H15FS. The second-order valence-electron chi connectivity index (χ2n) is 4.01. The monoisotopic (exact) mass is 270 g/mol. The van der Waals surface area contributed by atoms with E-state index in [1.807, 2.05) is 24.3 Å². The van der Waals surface area contributed by atoms with Crippen molar-refractivity contribution >= 4 is 16.7 Å². The molecule has 0 fully saturated rings. The molecule has 0 bridgehead atoms. The van der Waals surface area contributed by atoms with Crippen LogP contribution in [0.1, 0.15) is 12.0 Å². The topological polar surface area (TPSA) is 0 Å². The molecule has 0 spiro atoms. The van der Waals surface area contributed by atoms with Crippen LogP contribution in [0.3, 0.4) is 0 Å². The number of allylic oxidation sites excluding steroid dienone is 2. The number of halogens is 1. The number of hydrogen-bond acceptors (Lipinski definition) is 1. The van der Waals surface area contributed by atoms with Gasteiger partial charge >= 0.3 is 0 Å². The van der Waals surface area contributed by atoms with Crippen molar-refractivity contribution in [1.29, 1.82) is 0 Å². The average Bonchev–Trinajstić information content (AvgIpc) is 2.45. The molecule has 0 aromatic heterocycles. The van der Waals surface area contributed by atoms with Crippen molar-refractivity contribution in [1.82, 2.24) is 0 Å².